The average Bonchev–Trinajstić information content (AvgIpc) is 3.38. The van der Waals surface area contributed by atoms with E-state index >= 15 is 0 Å². The number of thiophene rings is 1. The van der Waals surface area contributed by atoms with Crippen molar-refractivity contribution in [3.05, 3.63) is 87.2 Å². The number of halogens is 2. The lowest BCUT2D eigenvalue weighted by Gasteiger charge is -2.23. The van der Waals surface area contributed by atoms with Crippen LogP contribution in [0.15, 0.2) is 56.8 Å². The van der Waals surface area contributed by atoms with E-state index in [1.807, 2.05) is 17.5 Å². The minimum Gasteiger partial charge on any atom is -0.460 e. The van der Waals surface area contributed by atoms with Gasteiger partial charge in [0.2, 0.25) is 0 Å². The number of carbonyl (C=O) groups is 1. The predicted octanol–water partition coefficient (Wildman–Crippen LogP) is 3.79. The molecule has 1 atom stereocenters. The monoisotopic (exact) mass is 508 g/mol. The van der Waals surface area contributed by atoms with Crippen LogP contribution in [-0.4, -0.2) is 30.9 Å². The molecule has 32 heavy (non-hydrogen) atoms. The molecule has 1 unspecified atom stereocenters. The topological polar surface area (TPSA) is 69.9 Å². The van der Waals surface area contributed by atoms with Crippen molar-refractivity contribution in [3.8, 4) is 0 Å². The Labute approximate surface area is 201 Å². The van der Waals surface area contributed by atoms with Crippen molar-refractivity contribution in [1.82, 2.24) is 4.57 Å². The summed E-state index contributed by atoms with van der Waals surface area (Å²) in [5, 5.41) is 2.86. The van der Waals surface area contributed by atoms with E-state index in [0.29, 0.717) is 36.2 Å². The summed E-state index contributed by atoms with van der Waals surface area (Å²) < 4.78 is 12.3. The predicted molar refractivity (Wildman–Crippen MR) is 127 cm³/mol. The highest BCUT2D eigenvalue weighted by molar-refractivity contribution is 7.10. The van der Waals surface area contributed by atoms with Gasteiger partial charge in [0.05, 0.1) is 22.4 Å². The van der Waals surface area contributed by atoms with E-state index in [4.69, 9.17) is 32.7 Å². The second-order valence-electron chi connectivity index (χ2n) is 6.89. The SMILES string of the molecule is COCCOC(=O)C1=C(C)N=c2sc(=Cc3ccc(Cl)cc3Cl)c(=O)n2C1c1cccs1. The Kier molecular flexibility index (Phi) is 6.97. The van der Waals surface area contributed by atoms with Crippen molar-refractivity contribution in [3.63, 3.8) is 0 Å². The number of thiazole rings is 1. The van der Waals surface area contributed by atoms with Crippen molar-refractivity contribution in [2.24, 2.45) is 4.99 Å². The Bertz CT molecular complexity index is 1370. The van der Waals surface area contributed by atoms with Crippen LogP contribution in [0.1, 0.15) is 23.4 Å². The van der Waals surface area contributed by atoms with Gasteiger partial charge in [-0.05, 0) is 42.1 Å². The van der Waals surface area contributed by atoms with Crippen molar-refractivity contribution >= 4 is 57.9 Å². The minimum absolute atomic E-state index is 0.114. The number of carbonyl (C=O) groups excluding carboxylic acids is 1. The fourth-order valence-corrected chi connectivity index (χ4v) is 5.68. The number of allylic oxidation sites excluding steroid dienone is 1. The van der Waals surface area contributed by atoms with Gasteiger partial charge >= 0.3 is 5.97 Å². The standard InChI is InChI=1S/C22H18Cl2N2O4S2/c1-12-18(21(28)30-8-7-29-2)19(16-4-3-9-31-16)26-20(27)17(32-22(26)25-12)10-13-5-6-14(23)11-15(13)24/h3-6,9-11,19H,7-8H2,1-2H3. The zero-order chi connectivity index (χ0) is 22.8. The summed E-state index contributed by atoms with van der Waals surface area (Å²) in [6.07, 6.45) is 1.71. The lowest BCUT2D eigenvalue weighted by molar-refractivity contribution is -0.140. The van der Waals surface area contributed by atoms with Gasteiger partial charge in [0.1, 0.15) is 12.6 Å². The molecule has 0 radical (unpaired) electrons. The molecule has 6 nitrogen and oxygen atoms in total. The first-order valence-corrected chi connectivity index (χ1v) is 12.0. The van der Waals surface area contributed by atoms with E-state index in [1.165, 1.54) is 29.8 Å². The van der Waals surface area contributed by atoms with Gasteiger partial charge in [-0.2, -0.15) is 0 Å². The van der Waals surface area contributed by atoms with E-state index in [1.54, 1.807) is 35.8 Å². The molecule has 1 aliphatic rings. The molecular formula is C22H18Cl2N2O4S2. The first-order chi connectivity index (χ1) is 15.4. The number of hydrogen-bond acceptors (Lipinski definition) is 7. The van der Waals surface area contributed by atoms with Crippen LogP contribution in [-0.2, 0) is 14.3 Å². The van der Waals surface area contributed by atoms with E-state index in [-0.39, 0.29) is 18.8 Å². The van der Waals surface area contributed by atoms with Gasteiger partial charge in [0.25, 0.3) is 5.56 Å². The lowest BCUT2D eigenvalue weighted by Crippen LogP contribution is -2.39. The third-order valence-electron chi connectivity index (χ3n) is 4.82. The first-order valence-electron chi connectivity index (χ1n) is 9.57. The summed E-state index contributed by atoms with van der Waals surface area (Å²) >= 11 is 15.0. The first kappa shape index (κ1) is 22.9. The van der Waals surface area contributed by atoms with Gasteiger partial charge < -0.3 is 9.47 Å². The molecular weight excluding hydrogens is 491 g/mol. The smallest absolute Gasteiger partial charge is 0.338 e. The van der Waals surface area contributed by atoms with Crippen LogP contribution >= 0.6 is 45.9 Å². The van der Waals surface area contributed by atoms with Crippen LogP contribution in [0, 0.1) is 0 Å². The highest BCUT2D eigenvalue weighted by atomic mass is 35.5. The van der Waals surface area contributed by atoms with Crippen molar-refractivity contribution in [2.45, 2.75) is 13.0 Å². The molecule has 4 rings (SSSR count). The average molecular weight is 509 g/mol. The van der Waals surface area contributed by atoms with Crippen LogP contribution in [0.5, 0.6) is 0 Å². The highest BCUT2D eigenvalue weighted by Gasteiger charge is 2.34. The number of aromatic nitrogens is 1. The second-order valence-corrected chi connectivity index (χ2v) is 9.72. The molecule has 166 valence electrons. The number of ether oxygens (including phenoxy) is 2. The Balaban J connectivity index is 1.86. The quantitative estimate of drug-likeness (QED) is 0.375. The Morgan fingerprint density at radius 2 is 2.09 bits per heavy atom. The van der Waals surface area contributed by atoms with Crippen molar-refractivity contribution in [1.29, 1.82) is 0 Å². The summed E-state index contributed by atoms with van der Waals surface area (Å²) in [5.74, 6) is -0.517. The summed E-state index contributed by atoms with van der Waals surface area (Å²) in [4.78, 5) is 32.3. The maximum absolute atomic E-state index is 13.5. The largest absolute Gasteiger partial charge is 0.460 e. The van der Waals surface area contributed by atoms with Crippen LogP contribution in [0.4, 0.5) is 0 Å². The molecule has 3 heterocycles. The van der Waals surface area contributed by atoms with Crippen molar-refractivity contribution in [2.75, 3.05) is 20.3 Å². The third kappa shape index (κ3) is 4.46. The van der Waals surface area contributed by atoms with E-state index in [9.17, 15) is 9.59 Å². The molecule has 0 saturated carbocycles. The van der Waals surface area contributed by atoms with Gasteiger partial charge in [0, 0.05) is 22.0 Å². The van der Waals surface area contributed by atoms with E-state index < -0.39 is 12.0 Å². The number of methoxy groups -OCH3 is 1. The van der Waals surface area contributed by atoms with E-state index in [2.05, 4.69) is 4.99 Å². The van der Waals surface area contributed by atoms with Crippen LogP contribution in [0.2, 0.25) is 10.0 Å². The molecule has 2 aromatic heterocycles. The Morgan fingerprint density at radius 3 is 2.78 bits per heavy atom. The molecule has 0 N–H and O–H groups in total. The molecule has 0 saturated heterocycles. The number of rotatable bonds is 6. The van der Waals surface area contributed by atoms with Gasteiger partial charge in [-0.3, -0.25) is 9.36 Å². The number of nitrogens with zero attached hydrogens (tertiary/aromatic N) is 2. The fourth-order valence-electron chi connectivity index (χ4n) is 3.35. The minimum atomic E-state index is -0.621. The van der Waals surface area contributed by atoms with Crippen LogP contribution in [0.25, 0.3) is 6.08 Å². The molecule has 0 bridgehead atoms. The van der Waals surface area contributed by atoms with Crippen LogP contribution < -0.4 is 14.9 Å². The normalized spacial score (nSPS) is 16.1. The summed E-state index contributed by atoms with van der Waals surface area (Å²) in [5.41, 5.74) is 1.27. The third-order valence-corrected chi connectivity index (χ3v) is 7.29. The maximum atomic E-state index is 13.5. The zero-order valence-electron chi connectivity index (χ0n) is 17.1. The lowest BCUT2D eigenvalue weighted by atomic mass is 10.0. The number of esters is 1. The molecule has 1 aromatic carbocycles. The molecule has 3 aromatic rings. The summed E-state index contributed by atoms with van der Waals surface area (Å²) in [7, 11) is 1.53. The second kappa shape index (κ2) is 9.72. The maximum Gasteiger partial charge on any atom is 0.338 e. The summed E-state index contributed by atoms with van der Waals surface area (Å²) in [6.45, 7) is 2.15. The van der Waals surface area contributed by atoms with Crippen molar-refractivity contribution < 1.29 is 14.3 Å². The number of benzene rings is 1. The van der Waals surface area contributed by atoms with E-state index in [0.717, 1.165) is 4.88 Å². The van der Waals surface area contributed by atoms with Gasteiger partial charge in [-0.15, -0.1) is 11.3 Å². The molecule has 0 spiro atoms. The number of fused-ring (bicyclic) bond motifs is 1. The van der Waals surface area contributed by atoms with Crippen LogP contribution in [0.3, 0.4) is 0 Å². The zero-order valence-corrected chi connectivity index (χ0v) is 20.3. The molecule has 0 amide bonds. The molecule has 10 heteroatoms. The van der Waals surface area contributed by atoms with Gasteiger partial charge in [-0.25, -0.2) is 9.79 Å². The van der Waals surface area contributed by atoms with Gasteiger partial charge in [0.15, 0.2) is 4.80 Å². The molecule has 0 aliphatic carbocycles. The molecule has 1 aliphatic heterocycles. The Hall–Kier alpha value is -2.23. The fraction of sp³-hybridized carbons (Fsp3) is 0.227. The Morgan fingerprint density at radius 1 is 1.28 bits per heavy atom. The number of hydrogen-bond donors (Lipinski definition) is 0. The van der Waals surface area contributed by atoms with Gasteiger partial charge in [-0.1, -0.05) is 46.7 Å². The highest BCUT2D eigenvalue weighted by Crippen LogP contribution is 2.33. The molecule has 0 fully saturated rings. The summed E-state index contributed by atoms with van der Waals surface area (Å²) in [6, 6.07) is 8.24.